The van der Waals surface area contributed by atoms with Gasteiger partial charge in [-0.1, -0.05) is 0 Å². The van der Waals surface area contributed by atoms with Crippen LogP contribution >= 0.6 is 0 Å². The Morgan fingerprint density at radius 3 is 3.07 bits per heavy atom. The number of hydrogen-bond donors (Lipinski definition) is 1. The third kappa shape index (κ3) is 2.21. The molecule has 0 spiro atoms. The van der Waals surface area contributed by atoms with E-state index in [2.05, 4.69) is 21.3 Å². The second kappa shape index (κ2) is 4.49. The van der Waals surface area contributed by atoms with Gasteiger partial charge in [0.05, 0.1) is 24.6 Å². The van der Waals surface area contributed by atoms with Crippen LogP contribution in [0.3, 0.4) is 0 Å². The minimum Gasteiger partial charge on any atom is -0.378 e. The van der Waals surface area contributed by atoms with E-state index in [-0.39, 0.29) is 12.0 Å². The molecule has 82 valence electrons. The minimum atomic E-state index is 0.162. The van der Waals surface area contributed by atoms with Gasteiger partial charge in [-0.25, -0.2) is 0 Å². The first-order valence-electron chi connectivity index (χ1n) is 5.29. The van der Waals surface area contributed by atoms with Crippen LogP contribution in [0.2, 0.25) is 0 Å². The van der Waals surface area contributed by atoms with Crippen molar-refractivity contribution in [1.82, 2.24) is 10.2 Å². The van der Waals surface area contributed by atoms with Crippen LogP contribution < -0.4 is 5.32 Å². The predicted molar refractivity (Wildman–Crippen MR) is 56.4 cm³/mol. The van der Waals surface area contributed by atoms with Crippen LogP contribution in [0.4, 0.5) is 0 Å². The zero-order valence-electron chi connectivity index (χ0n) is 8.94. The Labute approximate surface area is 89.7 Å². The Balaban J connectivity index is 1.91. The van der Waals surface area contributed by atoms with Gasteiger partial charge in [0, 0.05) is 26.7 Å². The van der Waals surface area contributed by atoms with Crippen molar-refractivity contribution in [1.29, 1.82) is 5.26 Å². The van der Waals surface area contributed by atoms with Crippen molar-refractivity contribution in [3.63, 3.8) is 0 Å². The fraction of sp³-hybridized carbons (Fsp3) is 0.800. The van der Waals surface area contributed by atoms with Gasteiger partial charge in [-0.15, -0.1) is 0 Å². The maximum absolute atomic E-state index is 8.81. The van der Waals surface area contributed by atoms with Crippen molar-refractivity contribution in [2.75, 3.05) is 33.3 Å². The SMILES string of the molecule is COC1CN=C(N2CCC(C#N)C2)NC1. The number of likely N-dealkylation sites (tertiary alicyclic amines) is 1. The van der Waals surface area contributed by atoms with Crippen molar-refractivity contribution >= 4 is 5.96 Å². The lowest BCUT2D eigenvalue weighted by molar-refractivity contribution is 0.107. The number of nitrogens with one attached hydrogen (secondary N) is 1. The van der Waals surface area contributed by atoms with Gasteiger partial charge in [0.2, 0.25) is 0 Å². The standard InChI is InChI=1S/C10H16N4O/c1-15-9-5-12-10(13-6-9)14-3-2-8(4-11)7-14/h8-9H,2-3,5-7H2,1H3,(H,12,13). The second-order valence-corrected chi connectivity index (χ2v) is 3.96. The fourth-order valence-corrected chi connectivity index (χ4v) is 1.94. The zero-order chi connectivity index (χ0) is 10.7. The molecule has 0 bridgehead atoms. The van der Waals surface area contributed by atoms with E-state index in [0.29, 0.717) is 6.54 Å². The molecule has 1 fully saturated rings. The maximum atomic E-state index is 8.81. The quantitative estimate of drug-likeness (QED) is 0.648. The Hall–Kier alpha value is -1.28. The van der Waals surface area contributed by atoms with Crippen LogP contribution in [0.1, 0.15) is 6.42 Å². The predicted octanol–water partition coefficient (Wildman–Crippen LogP) is -0.194. The molecule has 2 unspecified atom stereocenters. The molecule has 0 saturated carbocycles. The first-order valence-corrected chi connectivity index (χ1v) is 5.29. The van der Waals surface area contributed by atoms with Crippen LogP contribution in [0.5, 0.6) is 0 Å². The Kier molecular flexibility index (Phi) is 3.07. The minimum absolute atomic E-state index is 0.162. The Bertz CT molecular complexity index is 296. The lowest BCUT2D eigenvalue weighted by atomic mass is 10.1. The van der Waals surface area contributed by atoms with Crippen LogP contribution in [0.25, 0.3) is 0 Å². The molecule has 2 aliphatic rings. The van der Waals surface area contributed by atoms with Crippen molar-refractivity contribution in [3.8, 4) is 6.07 Å². The summed E-state index contributed by atoms with van der Waals surface area (Å²) in [6.45, 7) is 3.26. The van der Waals surface area contributed by atoms with Crippen LogP contribution in [0, 0.1) is 17.2 Å². The highest BCUT2D eigenvalue weighted by molar-refractivity contribution is 5.81. The van der Waals surface area contributed by atoms with E-state index in [1.807, 2.05) is 0 Å². The normalized spacial score (nSPS) is 30.7. The Morgan fingerprint density at radius 2 is 2.53 bits per heavy atom. The molecule has 1 saturated heterocycles. The first-order chi connectivity index (χ1) is 7.33. The summed E-state index contributed by atoms with van der Waals surface area (Å²) in [6.07, 6.45) is 1.13. The second-order valence-electron chi connectivity index (χ2n) is 3.96. The molecule has 15 heavy (non-hydrogen) atoms. The molecule has 1 N–H and O–H groups in total. The van der Waals surface area contributed by atoms with Gasteiger partial charge in [-0.2, -0.15) is 5.26 Å². The third-order valence-electron chi connectivity index (χ3n) is 2.94. The van der Waals surface area contributed by atoms with Gasteiger partial charge in [0.25, 0.3) is 0 Å². The largest absolute Gasteiger partial charge is 0.378 e. The number of nitrogens with zero attached hydrogens (tertiary/aromatic N) is 3. The average Bonchev–Trinajstić information content (AvgIpc) is 2.78. The Morgan fingerprint density at radius 1 is 1.67 bits per heavy atom. The van der Waals surface area contributed by atoms with E-state index in [0.717, 1.165) is 32.0 Å². The van der Waals surface area contributed by atoms with E-state index in [9.17, 15) is 0 Å². The van der Waals surface area contributed by atoms with Crippen molar-refractivity contribution in [3.05, 3.63) is 0 Å². The monoisotopic (exact) mass is 208 g/mol. The summed E-state index contributed by atoms with van der Waals surface area (Å²) in [4.78, 5) is 6.58. The van der Waals surface area contributed by atoms with Crippen LogP contribution in [-0.4, -0.2) is 50.3 Å². The summed E-state index contributed by atoms with van der Waals surface area (Å²) >= 11 is 0. The molecule has 0 aromatic carbocycles. The molecule has 5 heteroatoms. The molecule has 0 amide bonds. The molecule has 0 radical (unpaired) electrons. The van der Waals surface area contributed by atoms with Crippen LogP contribution in [-0.2, 0) is 4.74 Å². The summed E-state index contributed by atoms with van der Waals surface area (Å²) in [5.74, 6) is 1.09. The first kappa shape index (κ1) is 10.2. The zero-order valence-corrected chi connectivity index (χ0v) is 8.94. The van der Waals surface area contributed by atoms with E-state index in [1.54, 1.807) is 7.11 Å². The summed E-state index contributed by atoms with van der Waals surface area (Å²) < 4.78 is 5.20. The summed E-state index contributed by atoms with van der Waals surface area (Å²) in [7, 11) is 1.70. The van der Waals surface area contributed by atoms with Gasteiger partial charge in [-0.3, -0.25) is 4.99 Å². The van der Waals surface area contributed by atoms with Gasteiger partial charge >= 0.3 is 0 Å². The molecular weight excluding hydrogens is 192 g/mol. The highest BCUT2D eigenvalue weighted by Gasteiger charge is 2.26. The van der Waals surface area contributed by atoms with Gasteiger partial charge in [-0.05, 0) is 6.42 Å². The highest BCUT2D eigenvalue weighted by Crippen LogP contribution is 2.15. The third-order valence-corrected chi connectivity index (χ3v) is 2.94. The number of ether oxygens (including phenoxy) is 1. The van der Waals surface area contributed by atoms with Gasteiger partial charge in [0.1, 0.15) is 0 Å². The number of guanidine groups is 1. The highest BCUT2D eigenvalue weighted by atomic mass is 16.5. The number of rotatable bonds is 1. The van der Waals surface area contributed by atoms with E-state index < -0.39 is 0 Å². The van der Waals surface area contributed by atoms with Crippen molar-refractivity contribution < 1.29 is 4.74 Å². The average molecular weight is 208 g/mol. The van der Waals surface area contributed by atoms with Gasteiger partial charge in [0.15, 0.2) is 5.96 Å². The van der Waals surface area contributed by atoms with Crippen LogP contribution in [0.15, 0.2) is 4.99 Å². The molecule has 2 heterocycles. The fourth-order valence-electron chi connectivity index (χ4n) is 1.94. The maximum Gasteiger partial charge on any atom is 0.194 e. The van der Waals surface area contributed by atoms with E-state index in [4.69, 9.17) is 10.00 Å². The molecule has 0 aromatic rings. The molecule has 2 atom stereocenters. The molecular formula is C10H16N4O. The number of methoxy groups -OCH3 is 1. The summed E-state index contributed by atoms with van der Waals surface area (Å²) in [5.41, 5.74) is 0. The topological polar surface area (TPSA) is 60.6 Å². The summed E-state index contributed by atoms with van der Waals surface area (Å²) in [6, 6.07) is 2.30. The number of hydrogen-bond acceptors (Lipinski definition) is 5. The number of aliphatic imine (C=N–C) groups is 1. The smallest absolute Gasteiger partial charge is 0.194 e. The summed E-state index contributed by atoms with van der Waals surface area (Å²) in [5, 5.41) is 12.1. The molecule has 2 aliphatic heterocycles. The van der Waals surface area contributed by atoms with Crippen molar-refractivity contribution in [2.45, 2.75) is 12.5 Å². The van der Waals surface area contributed by atoms with Crippen molar-refractivity contribution in [2.24, 2.45) is 10.9 Å². The lowest BCUT2D eigenvalue weighted by Gasteiger charge is -2.27. The van der Waals surface area contributed by atoms with E-state index >= 15 is 0 Å². The molecule has 0 aromatic heterocycles. The lowest BCUT2D eigenvalue weighted by Crippen LogP contribution is -2.48. The molecule has 2 rings (SSSR count). The van der Waals surface area contributed by atoms with Gasteiger partial charge < -0.3 is 15.0 Å². The number of nitriles is 1. The molecule has 5 nitrogen and oxygen atoms in total. The molecule has 0 aliphatic carbocycles. The van der Waals surface area contributed by atoms with E-state index in [1.165, 1.54) is 0 Å².